The number of aryl methyl sites for hydroxylation is 2. The topological polar surface area (TPSA) is 40.7 Å². The fourth-order valence-electron chi connectivity index (χ4n) is 2.11. The summed E-state index contributed by atoms with van der Waals surface area (Å²) in [5, 5.41) is 10.8. The second-order valence-electron chi connectivity index (χ2n) is 4.96. The lowest BCUT2D eigenvalue weighted by Gasteiger charge is -2.01. The molecule has 1 fully saturated rings. The van der Waals surface area contributed by atoms with Gasteiger partial charge in [-0.15, -0.1) is 0 Å². The van der Waals surface area contributed by atoms with Gasteiger partial charge in [0.15, 0.2) is 0 Å². The molecule has 0 unspecified atom stereocenters. The Morgan fingerprint density at radius 1 is 1.12 bits per heavy atom. The second kappa shape index (κ2) is 3.91. The first kappa shape index (κ1) is 10.4. The minimum Gasteiger partial charge on any atom is -0.366 e. The first-order valence-electron chi connectivity index (χ1n) is 6.11. The summed E-state index contributed by atoms with van der Waals surface area (Å²) in [6.45, 7) is 4.24. The molecular formula is C14H17N3. The Kier molecular flexibility index (Phi) is 2.39. The Morgan fingerprint density at radius 2 is 1.82 bits per heavy atom. The summed E-state index contributed by atoms with van der Waals surface area (Å²) in [5.41, 5.74) is 4.86. The Bertz CT molecular complexity index is 518. The highest BCUT2D eigenvalue weighted by molar-refractivity contribution is 5.64. The molecule has 0 aliphatic heterocycles. The van der Waals surface area contributed by atoms with Gasteiger partial charge in [-0.2, -0.15) is 5.10 Å². The van der Waals surface area contributed by atoms with Crippen LogP contribution in [-0.4, -0.2) is 16.2 Å². The number of hydrogen-bond acceptors (Lipinski definition) is 2. The second-order valence-corrected chi connectivity index (χ2v) is 4.96. The Morgan fingerprint density at radius 3 is 2.47 bits per heavy atom. The summed E-state index contributed by atoms with van der Waals surface area (Å²) < 4.78 is 0. The largest absolute Gasteiger partial charge is 0.366 e. The van der Waals surface area contributed by atoms with Crippen molar-refractivity contribution in [3.63, 3.8) is 0 Å². The molecule has 1 heterocycles. The van der Waals surface area contributed by atoms with Crippen LogP contribution in [0.2, 0.25) is 0 Å². The monoisotopic (exact) mass is 227 g/mol. The van der Waals surface area contributed by atoms with Crippen molar-refractivity contribution < 1.29 is 0 Å². The molecular weight excluding hydrogens is 210 g/mol. The molecule has 3 nitrogen and oxygen atoms in total. The molecule has 0 bridgehead atoms. The highest BCUT2D eigenvalue weighted by Gasteiger charge is 2.21. The van der Waals surface area contributed by atoms with Crippen LogP contribution in [0.25, 0.3) is 11.3 Å². The van der Waals surface area contributed by atoms with Crippen LogP contribution in [0.5, 0.6) is 0 Å². The fourth-order valence-corrected chi connectivity index (χ4v) is 2.11. The van der Waals surface area contributed by atoms with Crippen LogP contribution >= 0.6 is 0 Å². The smallest absolute Gasteiger partial charge is 0.148 e. The van der Waals surface area contributed by atoms with Crippen LogP contribution < -0.4 is 5.32 Å². The minimum absolute atomic E-state index is 0.644. The van der Waals surface area contributed by atoms with E-state index in [1.807, 2.05) is 0 Å². The fraction of sp³-hybridized carbons (Fsp3) is 0.357. The molecule has 2 aromatic rings. The van der Waals surface area contributed by atoms with Crippen LogP contribution in [0, 0.1) is 13.8 Å². The van der Waals surface area contributed by atoms with Gasteiger partial charge in [-0.1, -0.05) is 17.2 Å². The van der Waals surface area contributed by atoms with Gasteiger partial charge in [0, 0.05) is 17.7 Å². The maximum Gasteiger partial charge on any atom is 0.148 e. The van der Waals surface area contributed by atoms with E-state index >= 15 is 0 Å². The molecule has 3 heteroatoms. The van der Waals surface area contributed by atoms with Crippen LogP contribution in [0.3, 0.4) is 0 Å². The maximum atomic E-state index is 4.30. The van der Waals surface area contributed by atoms with Crippen molar-refractivity contribution in [3.8, 4) is 11.3 Å². The van der Waals surface area contributed by atoms with E-state index in [9.17, 15) is 0 Å². The number of anilines is 1. The summed E-state index contributed by atoms with van der Waals surface area (Å²) in [7, 11) is 0. The van der Waals surface area contributed by atoms with Gasteiger partial charge in [-0.3, -0.25) is 5.10 Å². The van der Waals surface area contributed by atoms with Crippen molar-refractivity contribution in [2.75, 3.05) is 5.32 Å². The molecule has 0 radical (unpaired) electrons. The molecule has 17 heavy (non-hydrogen) atoms. The third-order valence-electron chi connectivity index (χ3n) is 3.04. The highest BCUT2D eigenvalue weighted by atomic mass is 15.2. The lowest BCUT2D eigenvalue weighted by molar-refractivity contribution is 1.05. The molecule has 2 N–H and O–H groups in total. The molecule has 3 rings (SSSR count). The van der Waals surface area contributed by atoms with Gasteiger partial charge in [0.1, 0.15) is 5.82 Å². The zero-order valence-corrected chi connectivity index (χ0v) is 10.2. The number of aromatic nitrogens is 2. The Hall–Kier alpha value is -1.77. The summed E-state index contributed by atoms with van der Waals surface area (Å²) >= 11 is 0. The average Bonchev–Trinajstić information content (AvgIpc) is 2.93. The zero-order chi connectivity index (χ0) is 11.8. The number of rotatable bonds is 3. The molecule has 1 aromatic heterocycles. The molecule has 0 atom stereocenters. The molecule has 1 aliphatic rings. The predicted molar refractivity (Wildman–Crippen MR) is 70.1 cm³/mol. The van der Waals surface area contributed by atoms with E-state index in [1.54, 1.807) is 0 Å². The molecule has 1 aromatic carbocycles. The normalized spacial score (nSPS) is 14.9. The van der Waals surface area contributed by atoms with Crippen LogP contribution in [0.1, 0.15) is 24.0 Å². The maximum absolute atomic E-state index is 4.30. The van der Waals surface area contributed by atoms with E-state index in [4.69, 9.17) is 0 Å². The van der Waals surface area contributed by atoms with E-state index in [2.05, 4.69) is 53.6 Å². The number of aromatic amines is 1. The van der Waals surface area contributed by atoms with Gasteiger partial charge >= 0.3 is 0 Å². The van der Waals surface area contributed by atoms with Gasteiger partial charge in [-0.25, -0.2) is 0 Å². The van der Waals surface area contributed by atoms with Gasteiger partial charge in [0.05, 0.1) is 5.69 Å². The molecule has 1 saturated carbocycles. The molecule has 0 saturated heterocycles. The quantitative estimate of drug-likeness (QED) is 0.845. The van der Waals surface area contributed by atoms with E-state index in [0.29, 0.717) is 6.04 Å². The van der Waals surface area contributed by atoms with Crippen molar-refractivity contribution >= 4 is 5.82 Å². The number of nitrogens with zero attached hydrogens (tertiary/aromatic N) is 1. The third kappa shape index (κ3) is 2.33. The van der Waals surface area contributed by atoms with Gasteiger partial charge < -0.3 is 5.32 Å². The lowest BCUT2D eigenvalue weighted by Crippen LogP contribution is -2.00. The summed E-state index contributed by atoms with van der Waals surface area (Å²) in [6.07, 6.45) is 2.54. The van der Waals surface area contributed by atoms with E-state index in [-0.39, 0.29) is 0 Å². The summed E-state index contributed by atoms with van der Waals surface area (Å²) in [6, 6.07) is 9.28. The van der Waals surface area contributed by atoms with E-state index in [0.717, 1.165) is 11.5 Å². The Balaban J connectivity index is 1.88. The number of benzene rings is 1. The van der Waals surface area contributed by atoms with Crippen LogP contribution in [0.15, 0.2) is 24.3 Å². The summed E-state index contributed by atoms with van der Waals surface area (Å²) in [4.78, 5) is 0. The van der Waals surface area contributed by atoms with E-state index in [1.165, 1.54) is 29.5 Å². The lowest BCUT2D eigenvalue weighted by atomic mass is 10.1. The van der Waals surface area contributed by atoms with Crippen molar-refractivity contribution in [3.05, 3.63) is 35.4 Å². The standard InChI is InChI=1S/C14H17N3/c1-9-5-10(2)7-11(6-9)13-8-14(17-16-13)15-12-3-4-12/h5-8,12H,3-4H2,1-2H3,(H2,15,16,17). The molecule has 0 spiro atoms. The minimum atomic E-state index is 0.644. The van der Waals surface area contributed by atoms with Crippen molar-refractivity contribution in [1.82, 2.24) is 10.2 Å². The van der Waals surface area contributed by atoms with Crippen molar-refractivity contribution in [2.24, 2.45) is 0 Å². The number of hydrogen-bond donors (Lipinski definition) is 2. The van der Waals surface area contributed by atoms with Crippen LogP contribution in [0.4, 0.5) is 5.82 Å². The first-order valence-corrected chi connectivity index (χ1v) is 6.11. The average molecular weight is 227 g/mol. The van der Waals surface area contributed by atoms with Gasteiger partial charge in [0.2, 0.25) is 0 Å². The van der Waals surface area contributed by atoms with Crippen molar-refractivity contribution in [1.29, 1.82) is 0 Å². The predicted octanol–water partition coefficient (Wildman–Crippen LogP) is 3.27. The SMILES string of the molecule is Cc1cc(C)cc(-c2cc(NC3CC3)n[nH]2)c1. The van der Waals surface area contributed by atoms with E-state index < -0.39 is 0 Å². The van der Waals surface area contributed by atoms with Crippen LogP contribution in [-0.2, 0) is 0 Å². The number of nitrogens with one attached hydrogen (secondary N) is 2. The Labute approximate surface area is 101 Å². The third-order valence-corrected chi connectivity index (χ3v) is 3.04. The highest BCUT2D eigenvalue weighted by Crippen LogP contribution is 2.26. The first-order chi connectivity index (χ1) is 8.20. The van der Waals surface area contributed by atoms with Gasteiger partial charge in [-0.05, 0) is 38.8 Å². The number of H-pyrrole nitrogens is 1. The molecule has 0 amide bonds. The van der Waals surface area contributed by atoms with Gasteiger partial charge in [0.25, 0.3) is 0 Å². The van der Waals surface area contributed by atoms with Crippen molar-refractivity contribution in [2.45, 2.75) is 32.7 Å². The molecule has 88 valence electrons. The zero-order valence-electron chi connectivity index (χ0n) is 10.2. The molecule has 1 aliphatic carbocycles. The summed E-state index contributed by atoms with van der Waals surface area (Å²) in [5.74, 6) is 0.960.